The van der Waals surface area contributed by atoms with E-state index >= 15 is 0 Å². The molecule has 3 nitrogen and oxygen atoms in total. The Morgan fingerprint density at radius 1 is 1.40 bits per heavy atom. The fourth-order valence-electron chi connectivity index (χ4n) is 0.989. The lowest BCUT2D eigenvalue weighted by atomic mass is 10.2. The molecule has 1 aromatic rings. The third-order valence-corrected chi connectivity index (χ3v) is 2.64. The molecule has 0 fully saturated rings. The third kappa shape index (κ3) is 3.09. The number of aryl methyl sites for hydroxylation is 1. The highest BCUT2D eigenvalue weighted by Crippen LogP contribution is 2.28. The monoisotopic (exact) mass is 246 g/mol. The summed E-state index contributed by atoms with van der Waals surface area (Å²) in [4.78, 5) is 11.3. The lowest BCUT2D eigenvalue weighted by Gasteiger charge is -2.10. The number of carbonyl (C=O) groups is 1. The Morgan fingerprint density at radius 2 is 2.00 bits per heavy atom. The predicted octanol–water partition coefficient (Wildman–Crippen LogP) is 2.59. The second kappa shape index (κ2) is 4.84. The van der Waals surface area contributed by atoms with Crippen molar-refractivity contribution in [2.45, 2.75) is 19.9 Å². The molecule has 0 spiro atoms. The molecular formula is C10H12Cl2N2O. The maximum absolute atomic E-state index is 11.3. The van der Waals surface area contributed by atoms with Gasteiger partial charge >= 0.3 is 0 Å². The average molecular weight is 247 g/mol. The van der Waals surface area contributed by atoms with Crippen molar-refractivity contribution in [1.29, 1.82) is 0 Å². The van der Waals surface area contributed by atoms with Gasteiger partial charge in [0.2, 0.25) is 5.91 Å². The maximum atomic E-state index is 11.3. The highest BCUT2D eigenvalue weighted by Gasteiger charge is 2.11. The van der Waals surface area contributed by atoms with Crippen LogP contribution >= 0.6 is 23.2 Å². The Balaban J connectivity index is 2.96. The number of amides is 1. The topological polar surface area (TPSA) is 55.1 Å². The summed E-state index contributed by atoms with van der Waals surface area (Å²) in [7, 11) is 0. The fourth-order valence-corrected chi connectivity index (χ4v) is 1.42. The maximum Gasteiger partial charge on any atom is 0.241 e. The largest absolute Gasteiger partial charge is 0.323 e. The first-order chi connectivity index (χ1) is 6.91. The SMILES string of the molecule is Cc1cc(Cl)c(NC(=O)[C@H](C)N)cc1Cl. The van der Waals surface area contributed by atoms with Crippen LogP contribution in [-0.2, 0) is 4.79 Å². The predicted molar refractivity (Wildman–Crippen MR) is 63.5 cm³/mol. The quantitative estimate of drug-likeness (QED) is 0.843. The van der Waals surface area contributed by atoms with Crippen LogP contribution in [-0.4, -0.2) is 11.9 Å². The van der Waals surface area contributed by atoms with Crippen molar-refractivity contribution < 1.29 is 4.79 Å². The normalized spacial score (nSPS) is 12.3. The summed E-state index contributed by atoms with van der Waals surface area (Å²) in [5.41, 5.74) is 6.76. The van der Waals surface area contributed by atoms with Crippen LogP contribution < -0.4 is 11.1 Å². The Hall–Kier alpha value is -0.770. The molecule has 1 atom stereocenters. The summed E-state index contributed by atoms with van der Waals surface area (Å²) < 4.78 is 0. The van der Waals surface area contributed by atoms with Crippen LogP contribution in [0.15, 0.2) is 12.1 Å². The molecule has 1 rings (SSSR count). The zero-order valence-electron chi connectivity index (χ0n) is 8.47. The minimum Gasteiger partial charge on any atom is -0.323 e. The van der Waals surface area contributed by atoms with E-state index in [0.29, 0.717) is 15.7 Å². The van der Waals surface area contributed by atoms with Crippen molar-refractivity contribution in [3.63, 3.8) is 0 Å². The van der Waals surface area contributed by atoms with Gasteiger partial charge in [-0.15, -0.1) is 0 Å². The number of anilines is 1. The van der Waals surface area contributed by atoms with Gasteiger partial charge in [-0.1, -0.05) is 23.2 Å². The van der Waals surface area contributed by atoms with Gasteiger partial charge in [0.25, 0.3) is 0 Å². The van der Waals surface area contributed by atoms with E-state index in [9.17, 15) is 4.79 Å². The van der Waals surface area contributed by atoms with Gasteiger partial charge in [0, 0.05) is 5.02 Å². The molecule has 0 radical (unpaired) electrons. The number of benzene rings is 1. The summed E-state index contributed by atoms with van der Waals surface area (Å²) in [6, 6.07) is 2.72. The van der Waals surface area contributed by atoms with Crippen LogP contribution in [0.5, 0.6) is 0 Å². The number of nitrogens with two attached hydrogens (primary N) is 1. The van der Waals surface area contributed by atoms with Gasteiger partial charge in [0.05, 0.1) is 16.8 Å². The average Bonchev–Trinajstić information content (AvgIpc) is 2.13. The molecule has 3 N–H and O–H groups in total. The van der Waals surface area contributed by atoms with E-state index in [4.69, 9.17) is 28.9 Å². The Kier molecular flexibility index (Phi) is 3.97. The summed E-state index contributed by atoms with van der Waals surface area (Å²) in [6.07, 6.45) is 0. The molecular weight excluding hydrogens is 235 g/mol. The van der Waals surface area contributed by atoms with E-state index in [1.807, 2.05) is 6.92 Å². The molecule has 0 saturated carbocycles. The molecule has 0 heterocycles. The Bertz CT molecular complexity index is 391. The van der Waals surface area contributed by atoms with Crippen molar-refractivity contribution in [1.82, 2.24) is 0 Å². The molecule has 0 bridgehead atoms. The molecule has 15 heavy (non-hydrogen) atoms. The zero-order valence-corrected chi connectivity index (χ0v) is 9.99. The van der Waals surface area contributed by atoms with Crippen LogP contribution in [0.3, 0.4) is 0 Å². The lowest BCUT2D eigenvalue weighted by molar-refractivity contribution is -0.117. The van der Waals surface area contributed by atoms with Gasteiger partial charge in [-0.2, -0.15) is 0 Å². The highest BCUT2D eigenvalue weighted by atomic mass is 35.5. The van der Waals surface area contributed by atoms with E-state index in [1.54, 1.807) is 19.1 Å². The first kappa shape index (κ1) is 12.3. The minimum absolute atomic E-state index is 0.295. The van der Waals surface area contributed by atoms with Crippen LogP contribution in [0.1, 0.15) is 12.5 Å². The number of halogens is 2. The summed E-state index contributed by atoms with van der Waals surface area (Å²) in [5.74, 6) is -0.295. The first-order valence-electron chi connectivity index (χ1n) is 4.44. The van der Waals surface area contributed by atoms with E-state index in [1.165, 1.54) is 0 Å². The number of rotatable bonds is 2. The molecule has 82 valence electrons. The van der Waals surface area contributed by atoms with Crippen molar-refractivity contribution in [3.05, 3.63) is 27.7 Å². The van der Waals surface area contributed by atoms with Crippen molar-refractivity contribution in [2.75, 3.05) is 5.32 Å². The third-order valence-electron chi connectivity index (χ3n) is 1.92. The van der Waals surface area contributed by atoms with Crippen molar-refractivity contribution in [2.24, 2.45) is 5.73 Å². The number of hydrogen-bond donors (Lipinski definition) is 2. The molecule has 1 amide bonds. The van der Waals surface area contributed by atoms with Crippen molar-refractivity contribution in [3.8, 4) is 0 Å². The van der Waals surface area contributed by atoms with E-state index in [-0.39, 0.29) is 5.91 Å². The van der Waals surface area contributed by atoms with Gasteiger partial charge in [-0.05, 0) is 31.5 Å². The molecule has 5 heteroatoms. The van der Waals surface area contributed by atoms with Crippen molar-refractivity contribution >= 4 is 34.8 Å². The van der Waals surface area contributed by atoms with Crippen LogP contribution in [0.2, 0.25) is 10.0 Å². The van der Waals surface area contributed by atoms with Gasteiger partial charge in [0.15, 0.2) is 0 Å². The summed E-state index contributed by atoms with van der Waals surface area (Å²) >= 11 is 11.8. The van der Waals surface area contributed by atoms with Crippen LogP contribution in [0.25, 0.3) is 0 Å². The highest BCUT2D eigenvalue weighted by molar-refractivity contribution is 6.36. The van der Waals surface area contributed by atoms with Gasteiger partial charge in [-0.25, -0.2) is 0 Å². The minimum atomic E-state index is -0.582. The molecule has 0 saturated heterocycles. The molecule has 0 aliphatic rings. The molecule has 0 aromatic heterocycles. The van der Waals surface area contributed by atoms with Crippen LogP contribution in [0.4, 0.5) is 5.69 Å². The Morgan fingerprint density at radius 3 is 2.53 bits per heavy atom. The summed E-state index contributed by atoms with van der Waals surface area (Å²) in [6.45, 7) is 3.43. The standard InChI is InChI=1S/C10H12Cl2N2O/c1-5-3-8(12)9(4-7(5)11)14-10(15)6(2)13/h3-4,6H,13H2,1-2H3,(H,14,15)/t6-/m0/s1. The molecule has 1 aromatic carbocycles. The number of hydrogen-bond acceptors (Lipinski definition) is 2. The lowest BCUT2D eigenvalue weighted by Crippen LogP contribution is -2.32. The van der Waals surface area contributed by atoms with E-state index < -0.39 is 6.04 Å². The Labute approximate surface area is 98.5 Å². The second-order valence-electron chi connectivity index (χ2n) is 3.36. The number of nitrogens with one attached hydrogen (secondary N) is 1. The summed E-state index contributed by atoms with van der Waals surface area (Å²) in [5, 5.41) is 3.60. The number of carbonyl (C=O) groups excluding carboxylic acids is 1. The van der Waals surface area contributed by atoms with Crippen LogP contribution in [0, 0.1) is 6.92 Å². The van der Waals surface area contributed by atoms with Gasteiger partial charge < -0.3 is 11.1 Å². The zero-order chi connectivity index (χ0) is 11.6. The molecule has 0 unspecified atom stereocenters. The van der Waals surface area contributed by atoms with Gasteiger partial charge in [0.1, 0.15) is 0 Å². The molecule has 0 aliphatic heterocycles. The first-order valence-corrected chi connectivity index (χ1v) is 5.19. The second-order valence-corrected chi connectivity index (χ2v) is 4.17. The van der Waals surface area contributed by atoms with E-state index in [2.05, 4.69) is 5.32 Å². The fraction of sp³-hybridized carbons (Fsp3) is 0.300. The smallest absolute Gasteiger partial charge is 0.241 e. The van der Waals surface area contributed by atoms with Gasteiger partial charge in [-0.3, -0.25) is 4.79 Å². The molecule has 0 aliphatic carbocycles. The van der Waals surface area contributed by atoms with E-state index in [0.717, 1.165) is 5.56 Å².